The summed E-state index contributed by atoms with van der Waals surface area (Å²) in [4.78, 5) is 12.3. The Bertz CT molecular complexity index is 1570. The molecule has 2 N–H and O–H groups in total. The number of H-pyrrole nitrogens is 1. The third-order valence-corrected chi connectivity index (χ3v) is 6.63. The van der Waals surface area contributed by atoms with Crippen molar-refractivity contribution in [3.63, 3.8) is 0 Å². The maximum atomic E-state index is 10.4. The smallest absolute Gasteiger partial charge is 0.196 e. The van der Waals surface area contributed by atoms with Gasteiger partial charge in [0.1, 0.15) is 5.82 Å². The van der Waals surface area contributed by atoms with E-state index in [1.807, 2.05) is 66.9 Å². The van der Waals surface area contributed by atoms with Gasteiger partial charge >= 0.3 is 0 Å². The minimum Gasteiger partial charge on any atom is -0.494 e. The van der Waals surface area contributed by atoms with E-state index >= 15 is 0 Å². The summed E-state index contributed by atoms with van der Waals surface area (Å²) in [6, 6.07) is 18.1. The molecule has 2 aliphatic heterocycles. The number of likely N-dealkylation sites (N-methyl/N-ethyl adjacent to an activating group) is 1. The number of piperazine rings is 1. The molecule has 0 aliphatic carbocycles. The summed E-state index contributed by atoms with van der Waals surface area (Å²) in [7, 11) is 2.16. The van der Waals surface area contributed by atoms with Gasteiger partial charge in [-0.2, -0.15) is 0 Å². The number of rotatable bonds is 4. The van der Waals surface area contributed by atoms with E-state index in [4.69, 9.17) is 0 Å². The standard InChI is InChI=1S/C28H26N6O/c1-33-12-14-34(15-13-33)27-11-8-19(18-29-27)7-10-25-22-9-6-20(17-26(22)32-31-25)16-23-21-4-2-3-5-24(21)30-28(23)35/h2-11,16-18,30,35H,12-15H2,1H3. The predicted molar refractivity (Wildman–Crippen MR) is 140 cm³/mol. The number of benzene rings is 2. The second-order valence-electron chi connectivity index (χ2n) is 9.01. The minimum absolute atomic E-state index is 0.163. The SMILES string of the molecule is CN1CCN(c2ccc(C=CC3=c4ccc(=Cc5c(O)[nH]c6ccccc56)cc4N=N3)cn2)CC1. The first-order valence-corrected chi connectivity index (χ1v) is 11.8. The molecule has 0 radical (unpaired) electrons. The van der Waals surface area contributed by atoms with Crippen molar-refractivity contribution in [2.45, 2.75) is 0 Å². The number of pyridine rings is 1. The van der Waals surface area contributed by atoms with E-state index in [0.29, 0.717) is 0 Å². The molecule has 7 nitrogen and oxygen atoms in total. The highest BCUT2D eigenvalue weighted by molar-refractivity contribution is 5.91. The van der Waals surface area contributed by atoms with Crippen molar-refractivity contribution in [1.82, 2.24) is 14.9 Å². The molecule has 0 unspecified atom stereocenters. The fraction of sp³-hybridized carbons (Fsp3) is 0.179. The van der Waals surface area contributed by atoms with E-state index in [1.54, 1.807) is 0 Å². The predicted octanol–water partition coefficient (Wildman–Crippen LogP) is 3.77. The molecule has 0 amide bonds. The van der Waals surface area contributed by atoms with Crippen LogP contribution >= 0.6 is 0 Å². The van der Waals surface area contributed by atoms with Gasteiger partial charge in [0.25, 0.3) is 0 Å². The average molecular weight is 463 g/mol. The van der Waals surface area contributed by atoms with Crippen molar-refractivity contribution >= 4 is 40.3 Å². The highest BCUT2D eigenvalue weighted by Crippen LogP contribution is 2.27. The summed E-state index contributed by atoms with van der Waals surface area (Å²) in [5.41, 5.74) is 4.35. The number of nitrogens with one attached hydrogen (secondary N) is 1. The van der Waals surface area contributed by atoms with Gasteiger partial charge < -0.3 is 19.9 Å². The fourth-order valence-electron chi connectivity index (χ4n) is 4.58. The highest BCUT2D eigenvalue weighted by atomic mass is 16.3. The number of aromatic nitrogens is 2. The molecule has 0 saturated carbocycles. The first-order chi connectivity index (χ1) is 17.1. The Morgan fingerprint density at radius 3 is 2.63 bits per heavy atom. The Balaban J connectivity index is 1.24. The van der Waals surface area contributed by atoms with Crippen LogP contribution in [-0.2, 0) is 0 Å². The Morgan fingerprint density at radius 2 is 1.80 bits per heavy atom. The lowest BCUT2D eigenvalue weighted by molar-refractivity contribution is 0.312. The summed E-state index contributed by atoms with van der Waals surface area (Å²) in [5.74, 6) is 1.19. The quantitative estimate of drug-likeness (QED) is 0.484. The maximum absolute atomic E-state index is 10.4. The van der Waals surface area contributed by atoms with E-state index in [2.05, 4.69) is 49.2 Å². The van der Waals surface area contributed by atoms with E-state index in [1.165, 1.54) is 0 Å². The number of anilines is 1. The van der Waals surface area contributed by atoms with Crippen molar-refractivity contribution in [3.8, 4) is 5.88 Å². The molecule has 0 spiro atoms. The van der Waals surface area contributed by atoms with Crippen LogP contribution in [0.15, 0.2) is 77.1 Å². The van der Waals surface area contributed by atoms with Gasteiger partial charge in [0.05, 0.1) is 11.4 Å². The molecule has 6 rings (SSSR count). The third kappa shape index (κ3) is 4.22. The van der Waals surface area contributed by atoms with Gasteiger partial charge in [-0.1, -0.05) is 30.3 Å². The molecule has 2 aromatic carbocycles. The molecule has 0 atom stereocenters. The third-order valence-electron chi connectivity index (χ3n) is 6.63. The number of nitrogens with zero attached hydrogens (tertiary/aromatic N) is 5. The van der Waals surface area contributed by atoms with Gasteiger partial charge in [0.15, 0.2) is 5.88 Å². The molecular weight excluding hydrogens is 436 g/mol. The van der Waals surface area contributed by atoms with Crippen molar-refractivity contribution in [2.75, 3.05) is 38.1 Å². The van der Waals surface area contributed by atoms with E-state index in [0.717, 1.165) is 75.8 Å². The van der Waals surface area contributed by atoms with Crippen molar-refractivity contribution in [3.05, 3.63) is 88.4 Å². The lowest BCUT2D eigenvalue weighted by Crippen LogP contribution is -2.44. The molecule has 1 fully saturated rings. The van der Waals surface area contributed by atoms with E-state index in [9.17, 15) is 5.11 Å². The lowest BCUT2D eigenvalue weighted by Gasteiger charge is -2.33. The lowest BCUT2D eigenvalue weighted by atomic mass is 10.1. The number of hydrogen-bond acceptors (Lipinski definition) is 6. The number of hydrogen-bond donors (Lipinski definition) is 2. The zero-order valence-corrected chi connectivity index (χ0v) is 19.5. The van der Waals surface area contributed by atoms with Crippen LogP contribution in [0.2, 0.25) is 0 Å². The van der Waals surface area contributed by atoms with Gasteiger partial charge in [-0.15, -0.1) is 10.2 Å². The summed E-state index contributed by atoms with van der Waals surface area (Å²) in [6.45, 7) is 4.14. The zero-order chi connectivity index (χ0) is 23.8. The first-order valence-electron chi connectivity index (χ1n) is 11.8. The zero-order valence-electron chi connectivity index (χ0n) is 19.5. The fourth-order valence-corrected chi connectivity index (χ4v) is 4.58. The maximum Gasteiger partial charge on any atom is 0.196 e. The topological polar surface area (TPSA) is 80.1 Å². The summed E-state index contributed by atoms with van der Waals surface area (Å²) < 4.78 is 0. The monoisotopic (exact) mass is 462 g/mol. The molecule has 174 valence electrons. The van der Waals surface area contributed by atoms with Crippen molar-refractivity contribution in [2.24, 2.45) is 10.2 Å². The molecule has 4 heterocycles. The van der Waals surface area contributed by atoms with Gasteiger partial charge in [-0.25, -0.2) is 4.98 Å². The number of aromatic hydroxyl groups is 1. The Morgan fingerprint density at radius 1 is 0.943 bits per heavy atom. The van der Waals surface area contributed by atoms with Crippen LogP contribution < -0.4 is 15.3 Å². The summed E-state index contributed by atoms with van der Waals surface area (Å²) in [5, 5.41) is 22.0. The summed E-state index contributed by atoms with van der Waals surface area (Å²) in [6.07, 6.45) is 7.87. The highest BCUT2D eigenvalue weighted by Gasteiger charge is 2.15. The minimum atomic E-state index is 0.163. The first kappa shape index (κ1) is 21.3. The van der Waals surface area contributed by atoms with Gasteiger partial charge in [-0.3, -0.25) is 0 Å². The molecule has 0 bridgehead atoms. The van der Waals surface area contributed by atoms with Crippen LogP contribution in [0, 0.1) is 0 Å². The van der Waals surface area contributed by atoms with Gasteiger partial charge in [-0.05, 0) is 60.3 Å². The average Bonchev–Trinajstić information content (AvgIpc) is 3.43. The molecule has 35 heavy (non-hydrogen) atoms. The Hall–Kier alpha value is -4.23. The van der Waals surface area contributed by atoms with Gasteiger partial charge in [0.2, 0.25) is 0 Å². The Kier molecular flexibility index (Phi) is 5.39. The Labute approximate surface area is 203 Å². The van der Waals surface area contributed by atoms with Crippen LogP contribution in [0.1, 0.15) is 11.1 Å². The molecule has 2 aromatic heterocycles. The van der Waals surface area contributed by atoms with Crippen molar-refractivity contribution in [1.29, 1.82) is 0 Å². The van der Waals surface area contributed by atoms with Crippen LogP contribution in [0.25, 0.3) is 28.8 Å². The van der Waals surface area contributed by atoms with Crippen LogP contribution in [0.5, 0.6) is 5.88 Å². The molecule has 1 saturated heterocycles. The van der Waals surface area contributed by atoms with Crippen LogP contribution in [0.3, 0.4) is 0 Å². The molecular formula is C28H26N6O. The normalized spacial score (nSPS) is 16.7. The van der Waals surface area contributed by atoms with E-state index < -0.39 is 0 Å². The second-order valence-corrected chi connectivity index (χ2v) is 9.01. The van der Waals surface area contributed by atoms with Crippen molar-refractivity contribution < 1.29 is 5.11 Å². The number of azo groups is 1. The molecule has 2 aliphatic rings. The van der Waals surface area contributed by atoms with Crippen LogP contribution in [0.4, 0.5) is 11.5 Å². The molecule has 4 aromatic rings. The summed E-state index contributed by atoms with van der Waals surface area (Å²) >= 11 is 0. The van der Waals surface area contributed by atoms with Crippen LogP contribution in [-0.4, -0.2) is 53.2 Å². The van der Waals surface area contributed by atoms with Gasteiger partial charge in [0, 0.05) is 54.1 Å². The van der Waals surface area contributed by atoms with E-state index in [-0.39, 0.29) is 5.88 Å². The second kappa shape index (κ2) is 8.85. The largest absolute Gasteiger partial charge is 0.494 e. The number of para-hydroxylation sites is 1. The molecule has 7 heteroatoms. The number of fused-ring (bicyclic) bond motifs is 2. The number of aromatic amines is 1.